The molecule has 1 aromatic heterocycles. The number of aromatic hydroxyl groups is 2. The van der Waals surface area contributed by atoms with Gasteiger partial charge in [-0.1, -0.05) is 18.2 Å². The molecule has 0 radical (unpaired) electrons. The van der Waals surface area contributed by atoms with Crippen molar-refractivity contribution in [1.82, 2.24) is 4.68 Å². The van der Waals surface area contributed by atoms with Crippen LogP contribution in [0.1, 0.15) is 11.3 Å². The van der Waals surface area contributed by atoms with Gasteiger partial charge in [-0.05, 0) is 42.8 Å². The molecule has 0 amide bonds. The van der Waals surface area contributed by atoms with Gasteiger partial charge in [0.15, 0.2) is 11.5 Å². The number of nitrogens with zero attached hydrogens (tertiary/aromatic N) is 3. The molecule has 0 aliphatic rings. The van der Waals surface area contributed by atoms with Crippen LogP contribution in [-0.4, -0.2) is 21.1 Å². The van der Waals surface area contributed by atoms with Gasteiger partial charge in [-0.2, -0.15) is 5.10 Å². The van der Waals surface area contributed by atoms with Crippen molar-refractivity contribution in [2.75, 3.05) is 0 Å². The average molecular weight is 325 g/mol. The minimum atomic E-state index is -0.171. The van der Waals surface area contributed by atoms with Crippen LogP contribution in [0.5, 0.6) is 11.5 Å². The fourth-order valence-corrected chi connectivity index (χ4v) is 2.79. The first-order chi connectivity index (χ1) is 11.1. The predicted octanol–water partition coefficient (Wildman–Crippen LogP) is 3.38. The van der Waals surface area contributed by atoms with E-state index in [1.807, 2.05) is 42.6 Å². The Balaban J connectivity index is 1.97. The number of benzene rings is 2. The lowest BCUT2D eigenvalue weighted by atomic mass is 10.2. The average Bonchev–Trinajstić information content (AvgIpc) is 2.90. The van der Waals surface area contributed by atoms with Gasteiger partial charge in [0.1, 0.15) is 0 Å². The lowest BCUT2D eigenvalue weighted by Crippen LogP contribution is -2.11. The lowest BCUT2D eigenvalue weighted by Gasteiger charge is -2.00. The number of hydrogen-bond acceptors (Lipinski definition) is 5. The third-order valence-corrected chi connectivity index (χ3v) is 4.09. The topological polar surface area (TPSA) is 70.1 Å². The second kappa shape index (κ2) is 6.50. The second-order valence-corrected chi connectivity index (χ2v) is 5.75. The summed E-state index contributed by atoms with van der Waals surface area (Å²) >= 11 is 1.50. The standard InChI is InChI=1S/C17H15N3O2S/c1-12-11-23-17(19-14-5-3-2-4-6-14)20(12)18-10-13-7-8-15(21)16(22)9-13/h2-11,21-22H,1H3/b18-10+,19-17-. The van der Waals surface area contributed by atoms with Gasteiger partial charge in [0.25, 0.3) is 0 Å². The molecule has 5 nitrogen and oxygen atoms in total. The predicted molar refractivity (Wildman–Crippen MR) is 91.5 cm³/mol. The maximum atomic E-state index is 9.53. The van der Waals surface area contributed by atoms with Crippen molar-refractivity contribution in [3.8, 4) is 11.5 Å². The summed E-state index contributed by atoms with van der Waals surface area (Å²) in [5.74, 6) is -0.323. The van der Waals surface area contributed by atoms with Gasteiger partial charge >= 0.3 is 0 Å². The molecule has 0 saturated heterocycles. The van der Waals surface area contributed by atoms with Crippen molar-refractivity contribution < 1.29 is 10.2 Å². The summed E-state index contributed by atoms with van der Waals surface area (Å²) in [7, 11) is 0. The van der Waals surface area contributed by atoms with Crippen LogP contribution in [0.25, 0.3) is 0 Å². The number of thiazole rings is 1. The summed E-state index contributed by atoms with van der Waals surface area (Å²) in [5.41, 5.74) is 2.51. The SMILES string of the molecule is Cc1cs/c(=N\c2ccccc2)n1/N=C/c1ccc(O)c(O)c1. The highest BCUT2D eigenvalue weighted by Crippen LogP contribution is 2.24. The molecular weight excluding hydrogens is 310 g/mol. The van der Waals surface area contributed by atoms with Crippen LogP contribution < -0.4 is 4.80 Å². The van der Waals surface area contributed by atoms with E-state index in [0.29, 0.717) is 5.56 Å². The highest BCUT2D eigenvalue weighted by Gasteiger charge is 2.01. The fraction of sp³-hybridized carbons (Fsp3) is 0.0588. The number of phenolic OH excluding ortho intramolecular Hbond substituents is 2. The molecule has 6 heteroatoms. The molecule has 0 saturated carbocycles. The van der Waals surface area contributed by atoms with Crippen LogP contribution >= 0.6 is 11.3 Å². The van der Waals surface area contributed by atoms with Crippen molar-refractivity contribution in [2.45, 2.75) is 6.92 Å². The highest BCUT2D eigenvalue weighted by molar-refractivity contribution is 7.07. The normalized spacial score (nSPS) is 12.1. The number of para-hydroxylation sites is 1. The van der Waals surface area contributed by atoms with Gasteiger partial charge < -0.3 is 10.2 Å². The number of phenols is 2. The van der Waals surface area contributed by atoms with Gasteiger partial charge in [0, 0.05) is 5.38 Å². The van der Waals surface area contributed by atoms with E-state index in [2.05, 4.69) is 10.1 Å². The van der Waals surface area contributed by atoms with Crippen LogP contribution in [0.2, 0.25) is 0 Å². The van der Waals surface area contributed by atoms with Gasteiger partial charge in [0.05, 0.1) is 17.6 Å². The molecule has 0 aliphatic carbocycles. The zero-order valence-corrected chi connectivity index (χ0v) is 13.2. The first kappa shape index (κ1) is 15.1. The molecule has 3 rings (SSSR count). The number of aromatic nitrogens is 1. The van der Waals surface area contributed by atoms with E-state index >= 15 is 0 Å². The Labute approximate surface area is 137 Å². The van der Waals surface area contributed by atoms with Crippen molar-refractivity contribution in [1.29, 1.82) is 0 Å². The van der Waals surface area contributed by atoms with Crippen LogP contribution in [0.3, 0.4) is 0 Å². The van der Waals surface area contributed by atoms with Crippen molar-refractivity contribution in [2.24, 2.45) is 10.1 Å². The molecule has 0 spiro atoms. The second-order valence-electron chi connectivity index (χ2n) is 4.91. The molecule has 0 fully saturated rings. The molecule has 23 heavy (non-hydrogen) atoms. The highest BCUT2D eigenvalue weighted by atomic mass is 32.1. The fourth-order valence-electron chi connectivity index (χ4n) is 1.96. The first-order valence-corrected chi connectivity index (χ1v) is 7.85. The lowest BCUT2D eigenvalue weighted by molar-refractivity contribution is 0.403. The summed E-state index contributed by atoms with van der Waals surface area (Å²) in [4.78, 5) is 5.34. The smallest absolute Gasteiger partial charge is 0.211 e. The molecule has 0 unspecified atom stereocenters. The molecular formula is C17H15N3O2S. The van der Waals surface area contributed by atoms with E-state index in [4.69, 9.17) is 0 Å². The van der Waals surface area contributed by atoms with Crippen LogP contribution in [0, 0.1) is 6.92 Å². The van der Waals surface area contributed by atoms with E-state index in [0.717, 1.165) is 16.2 Å². The maximum absolute atomic E-state index is 9.53. The van der Waals surface area contributed by atoms with Crippen LogP contribution in [0.4, 0.5) is 5.69 Å². The monoisotopic (exact) mass is 325 g/mol. The third-order valence-electron chi connectivity index (χ3n) is 3.15. The Hall–Kier alpha value is -2.86. The Bertz CT molecular complexity index is 911. The van der Waals surface area contributed by atoms with Crippen LogP contribution in [-0.2, 0) is 0 Å². The van der Waals surface area contributed by atoms with Gasteiger partial charge in [-0.3, -0.25) is 0 Å². The maximum Gasteiger partial charge on any atom is 0.211 e. The summed E-state index contributed by atoms with van der Waals surface area (Å²) < 4.78 is 1.74. The van der Waals surface area contributed by atoms with Crippen molar-refractivity contribution >= 4 is 23.2 Å². The largest absolute Gasteiger partial charge is 0.504 e. The number of aryl methyl sites for hydroxylation is 1. The van der Waals surface area contributed by atoms with E-state index in [1.165, 1.54) is 23.5 Å². The summed E-state index contributed by atoms with van der Waals surface area (Å²) in [6, 6.07) is 14.2. The van der Waals surface area contributed by atoms with Gasteiger partial charge in [0.2, 0.25) is 4.80 Å². The van der Waals surface area contributed by atoms with E-state index in [9.17, 15) is 10.2 Å². The Kier molecular flexibility index (Phi) is 4.25. The molecule has 3 aromatic rings. The molecule has 2 aromatic carbocycles. The molecule has 0 bridgehead atoms. The molecule has 2 N–H and O–H groups in total. The zero-order valence-electron chi connectivity index (χ0n) is 12.4. The molecule has 1 heterocycles. The molecule has 0 aliphatic heterocycles. The Morgan fingerprint density at radius 3 is 2.57 bits per heavy atom. The van der Waals surface area contributed by atoms with E-state index in [1.54, 1.807) is 17.0 Å². The molecule has 0 atom stereocenters. The number of rotatable bonds is 3. The van der Waals surface area contributed by atoms with Crippen molar-refractivity contribution in [3.05, 3.63) is 70.0 Å². The minimum Gasteiger partial charge on any atom is -0.504 e. The van der Waals surface area contributed by atoms with E-state index in [-0.39, 0.29) is 11.5 Å². The first-order valence-electron chi connectivity index (χ1n) is 6.97. The quantitative estimate of drug-likeness (QED) is 0.572. The van der Waals surface area contributed by atoms with E-state index < -0.39 is 0 Å². The summed E-state index contributed by atoms with van der Waals surface area (Å²) in [6.07, 6.45) is 1.61. The van der Waals surface area contributed by atoms with Crippen molar-refractivity contribution in [3.63, 3.8) is 0 Å². The van der Waals surface area contributed by atoms with Gasteiger partial charge in [-0.15, -0.1) is 11.3 Å². The minimum absolute atomic E-state index is 0.152. The molecule has 116 valence electrons. The number of hydrogen-bond donors (Lipinski definition) is 2. The summed E-state index contributed by atoms with van der Waals surface area (Å²) in [5, 5.41) is 25.3. The van der Waals surface area contributed by atoms with Crippen LogP contribution in [0.15, 0.2) is 64.0 Å². The Morgan fingerprint density at radius 2 is 1.83 bits per heavy atom. The van der Waals surface area contributed by atoms with Gasteiger partial charge in [-0.25, -0.2) is 9.67 Å². The Morgan fingerprint density at radius 1 is 1.04 bits per heavy atom. The summed E-state index contributed by atoms with van der Waals surface area (Å²) in [6.45, 7) is 1.95. The third kappa shape index (κ3) is 3.49. The zero-order chi connectivity index (χ0) is 16.2.